The third kappa shape index (κ3) is 7.71. The van der Waals surface area contributed by atoms with Crippen LogP contribution in [0, 0.1) is 0 Å². The average Bonchev–Trinajstić information content (AvgIpc) is 2.78. The molecule has 0 saturated heterocycles. The Kier molecular flexibility index (Phi) is 10.8. The summed E-state index contributed by atoms with van der Waals surface area (Å²) >= 11 is 9.55. The number of carbonyl (C=O) groups excluding carboxylic acids is 2. The predicted octanol–water partition coefficient (Wildman–Crippen LogP) is 5.21. The zero-order valence-corrected chi connectivity index (χ0v) is 21.0. The van der Waals surface area contributed by atoms with E-state index in [-0.39, 0.29) is 25.0 Å². The molecule has 2 rings (SSSR count). The lowest BCUT2D eigenvalue weighted by Crippen LogP contribution is -2.50. The Morgan fingerprint density at radius 3 is 2.47 bits per heavy atom. The number of carbonyl (C=O) groups is 2. The molecule has 2 aromatic rings. The number of hydrogen-bond acceptors (Lipinski definition) is 4. The summed E-state index contributed by atoms with van der Waals surface area (Å²) in [5.41, 5.74) is 0.889. The predicted molar refractivity (Wildman–Crippen MR) is 130 cm³/mol. The second-order valence-electron chi connectivity index (χ2n) is 7.30. The van der Waals surface area contributed by atoms with Crippen molar-refractivity contribution >= 4 is 39.3 Å². The minimum absolute atomic E-state index is 0.163. The minimum Gasteiger partial charge on any atom is -0.497 e. The number of benzene rings is 2. The molecule has 2 amide bonds. The van der Waals surface area contributed by atoms with Crippen molar-refractivity contribution in [2.45, 2.75) is 45.7 Å². The van der Waals surface area contributed by atoms with Crippen molar-refractivity contribution in [3.8, 4) is 11.5 Å². The van der Waals surface area contributed by atoms with E-state index in [0.717, 1.165) is 28.6 Å². The van der Waals surface area contributed by atoms with Gasteiger partial charge in [0.1, 0.15) is 17.5 Å². The standard InChI is InChI=1S/C24H30BrClN2O4/c1-4-6-13-27-24(30)21(5-2)28(15-17-7-10-19(31-3)11-8-17)23(29)16-32-22-12-9-18(25)14-20(22)26/h7-12,14,21H,4-6,13,15-16H2,1-3H3,(H,27,30)/t21-/m1/s1. The monoisotopic (exact) mass is 524 g/mol. The fraction of sp³-hybridized carbons (Fsp3) is 0.417. The third-order valence-corrected chi connectivity index (χ3v) is 5.76. The van der Waals surface area contributed by atoms with Crippen molar-refractivity contribution in [2.75, 3.05) is 20.3 Å². The van der Waals surface area contributed by atoms with Crippen molar-refractivity contribution < 1.29 is 19.1 Å². The zero-order chi connectivity index (χ0) is 23.5. The maximum Gasteiger partial charge on any atom is 0.261 e. The summed E-state index contributed by atoms with van der Waals surface area (Å²) in [5, 5.41) is 3.34. The molecule has 0 fully saturated rings. The average molecular weight is 526 g/mol. The Hall–Kier alpha value is -2.25. The largest absolute Gasteiger partial charge is 0.497 e. The van der Waals surface area contributed by atoms with Crippen LogP contribution in [0.15, 0.2) is 46.9 Å². The summed E-state index contributed by atoms with van der Waals surface area (Å²) < 4.78 is 11.7. The molecule has 0 saturated carbocycles. The molecule has 0 aliphatic heterocycles. The lowest BCUT2D eigenvalue weighted by molar-refractivity contribution is -0.143. The number of rotatable bonds is 12. The van der Waals surface area contributed by atoms with Gasteiger partial charge in [0, 0.05) is 17.6 Å². The fourth-order valence-electron chi connectivity index (χ4n) is 3.17. The van der Waals surface area contributed by atoms with E-state index in [4.69, 9.17) is 21.1 Å². The smallest absolute Gasteiger partial charge is 0.261 e. The van der Waals surface area contributed by atoms with E-state index in [1.807, 2.05) is 31.2 Å². The molecule has 0 bridgehead atoms. The van der Waals surface area contributed by atoms with Crippen molar-refractivity contribution in [3.63, 3.8) is 0 Å². The summed E-state index contributed by atoms with van der Waals surface area (Å²) in [4.78, 5) is 27.6. The molecule has 0 radical (unpaired) electrons. The molecule has 0 aromatic heterocycles. The van der Waals surface area contributed by atoms with Gasteiger partial charge in [0.05, 0.1) is 12.1 Å². The van der Waals surface area contributed by atoms with Crippen LogP contribution in [0.1, 0.15) is 38.7 Å². The Morgan fingerprint density at radius 2 is 1.88 bits per heavy atom. The second-order valence-corrected chi connectivity index (χ2v) is 8.62. The topological polar surface area (TPSA) is 67.9 Å². The van der Waals surface area contributed by atoms with Crippen LogP contribution in [-0.4, -0.2) is 43.0 Å². The maximum atomic E-state index is 13.2. The van der Waals surface area contributed by atoms with Crippen LogP contribution in [0.2, 0.25) is 5.02 Å². The van der Waals surface area contributed by atoms with E-state index in [0.29, 0.717) is 23.7 Å². The van der Waals surface area contributed by atoms with Crippen molar-refractivity contribution in [1.82, 2.24) is 10.2 Å². The second kappa shape index (κ2) is 13.3. The molecule has 6 nitrogen and oxygen atoms in total. The quantitative estimate of drug-likeness (QED) is 0.386. The highest BCUT2D eigenvalue weighted by atomic mass is 79.9. The van der Waals surface area contributed by atoms with E-state index in [9.17, 15) is 9.59 Å². The molecule has 0 aliphatic carbocycles. The van der Waals surface area contributed by atoms with E-state index in [1.165, 1.54) is 0 Å². The molecule has 0 spiro atoms. The van der Waals surface area contributed by atoms with Crippen LogP contribution in [0.4, 0.5) is 0 Å². The molecule has 32 heavy (non-hydrogen) atoms. The first-order valence-corrected chi connectivity index (χ1v) is 11.8. The number of methoxy groups -OCH3 is 1. The summed E-state index contributed by atoms with van der Waals surface area (Å²) in [7, 11) is 1.60. The van der Waals surface area contributed by atoms with Crippen LogP contribution in [0.3, 0.4) is 0 Å². The summed E-state index contributed by atoms with van der Waals surface area (Å²) in [6, 6.07) is 12.0. The van der Waals surface area contributed by atoms with Crippen LogP contribution in [0.5, 0.6) is 11.5 Å². The van der Waals surface area contributed by atoms with Gasteiger partial charge in [0.2, 0.25) is 5.91 Å². The zero-order valence-electron chi connectivity index (χ0n) is 18.7. The number of hydrogen-bond donors (Lipinski definition) is 1. The molecule has 1 N–H and O–H groups in total. The molecular weight excluding hydrogens is 496 g/mol. The maximum absolute atomic E-state index is 13.2. The number of nitrogens with zero attached hydrogens (tertiary/aromatic N) is 1. The normalized spacial score (nSPS) is 11.5. The van der Waals surface area contributed by atoms with Gasteiger partial charge in [-0.3, -0.25) is 9.59 Å². The van der Waals surface area contributed by atoms with Gasteiger partial charge >= 0.3 is 0 Å². The fourth-order valence-corrected chi connectivity index (χ4v) is 3.90. The molecule has 8 heteroatoms. The molecule has 0 unspecified atom stereocenters. The first-order valence-electron chi connectivity index (χ1n) is 10.7. The van der Waals surface area contributed by atoms with Crippen LogP contribution in [0.25, 0.3) is 0 Å². The number of nitrogens with one attached hydrogen (secondary N) is 1. The highest BCUT2D eigenvalue weighted by molar-refractivity contribution is 9.10. The van der Waals surface area contributed by atoms with Crippen LogP contribution < -0.4 is 14.8 Å². The van der Waals surface area contributed by atoms with Gasteiger partial charge in [-0.05, 0) is 48.7 Å². The van der Waals surface area contributed by atoms with Gasteiger partial charge in [-0.15, -0.1) is 0 Å². The highest BCUT2D eigenvalue weighted by Gasteiger charge is 2.29. The van der Waals surface area contributed by atoms with Gasteiger partial charge in [-0.25, -0.2) is 0 Å². The van der Waals surface area contributed by atoms with Gasteiger partial charge in [0.15, 0.2) is 6.61 Å². The molecule has 0 heterocycles. The van der Waals surface area contributed by atoms with Crippen molar-refractivity contribution in [3.05, 3.63) is 57.5 Å². The third-order valence-electron chi connectivity index (χ3n) is 4.97. The first kappa shape index (κ1) is 26.0. The van der Waals surface area contributed by atoms with Gasteiger partial charge in [-0.1, -0.05) is 59.9 Å². The van der Waals surface area contributed by atoms with Crippen molar-refractivity contribution in [1.29, 1.82) is 0 Å². The number of halogens is 2. The van der Waals surface area contributed by atoms with Gasteiger partial charge in [0.25, 0.3) is 5.91 Å². The SMILES string of the molecule is CCCCNC(=O)[C@@H](CC)N(Cc1ccc(OC)cc1)C(=O)COc1ccc(Br)cc1Cl. The Labute approximate surface area is 203 Å². The van der Waals surface area contributed by atoms with E-state index >= 15 is 0 Å². The first-order chi connectivity index (χ1) is 15.4. The lowest BCUT2D eigenvalue weighted by atomic mass is 10.1. The highest BCUT2D eigenvalue weighted by Crippen LogP contribution is 2.28. The summed E-state index contributed by atoms with van der Waals surface area (Å²) in [5.74, 6) is 0.680. The van der Waals surface area contributed by atoms with Crippen molar-refractivity contribution in [2.24, 2.45) is 0 Å². The van der Waals surface area contributed by atoms with E-state index in [2.05, 4.69) is 28.2 Å². The Bertz CT molecular complexity index is 892. The lowest BCUT2D eigenvalue weighted by Gasteiger charge is -2.30. The molecule has 2 aromatic carbocycles. The summed E-state index contributed by atoms with van der Waals surface area (Å²) in [6.07, 6.45) is 2.35. The van der Waals surface area contributed by atoms with Gasteiger partial charge < -0.3 is 19.7 Å². The Balaban J connectivity index is 2.19. The molecule has 1 atom stereocenters. The minimum atomic E-state index is -0.606. The number of amides is 2. The molecule has 174 valence electrons. The molecule has 0 aliphatic rings. The Morgan fingerprint density at radius 1 is 1.16 bits per heavy atom. The van der Waals surface area contributed by atoms with E-state index < -0.39 is 6.04 Å². The van der Waals surface area contributed by atoms with Crippen LogP contribution in [-0.2, 0) is 16.1 Å². The van der Waals surface area contributed by atoms with Crippen LogP contribution >= 0.6 is 27.5 Å². The molecular formula is C24H30BrClN2O4. The number of unbranched alkanes of at least 4 members (excludes halogenated alkanes) is 1. The number of ether oxygens (including phenoxy) is 2. The van der Waals surface area contributed by atoms with E-state index in [1.54, 1.807) is 30.2 Å². The van der Waals surface area contributed by atoms with Gasteiger partial charge in [-0.2, -0.15) is 0 Å². The summed E-state index contributed by atoms with van der Waals surface area (Å²) in [6.45, 7) is 4.59.